The van der Waals surface area contributed by atoms with Crippen LogP contribution in [0.5, 0.6) is 5.75 Å². The van der Waals surface area contributed by atoms with E-state index in [9.17, 15) is 9.59 Å². The lowest BCUT2D eigenvalue weighted by molar-refractivity contribution is -0.885. The maximum atomic E-state index is 12.3. The van der Waals surface area contributed by atoms with Crippen molar-refractivity contribution >= 4 is 11.7 Å². The average molecular weight is 355 g/mol. The van der Waals surface area contributed by atoms with Crippen molar-refractivity contribution in [3.8, 4) is 5.75 Å². The number of likely N-dealkylation sites (N-methyl/N-ethyl adjacent to an activating group) is 1. The number of methoxy groups -OCH3 is 1. The van der Waals surface area contributed by atoms with E-state index in [-0.39, 0.29) is 11.7 Å². The molecular formula is C21H27N2O3+. The fraction of sp³-hybridized carbons (Fsp3) is 0.333. The first kappa shape index (κ1) is 19.7. The minimum Gasteiger partial charge on any atom is -0.497 e. The van der Waals surface area contributed by atoms with Crippen LogP contribution in [0.4, 0.5) is 0 Å². The van der Waals surface area contributed by atoms with E-state index >= 15 is 0 Å². The van der Waals surface area contributed by atoms with E-state index < -0.39 is 6.04 Å². The van der Waals surface area contributed by atoms with Crippen molar-refractivity contribution in [3.63, 3.8) is 0 Å². The average Bonchev–Trinajstić information content (AvgIpc) is 2.62. The molecule has 2 rings (SSSR count). The Kier molecular flexibility index (Phi) is 7.36. The van der Waals surface area contributed by atoms with Gasteiger partial charge in [-0.2, -0.15) is 0 Å². The zero-order valence-electron chi connectivity index (χ0n) is 15.6. The van der Waals surface area contributed by atoms with Gasteiger partial charge in [0.1, 0.15) is 12.3 Å². The van der Waals surface area contributed by atoms with Gasteiger partial charge < -0.3 is 15.0 Å². The van der Waals surface area contributed by atoms with E-state index in [1.54, 1.807) is 7.11 Å². The van der Waals surface area contributed by atoms with Gasteiger partial charge in [0.05, 0.1) is 20.2 Å². The highest BCUT2D eigenvalue weighted by Gasteiger charge is 2.19. The summed E-state index contributed by atoms with van der Waals surface area (Å²) in [4.78, 5) is 25.3. The molecule has 1 unspecified atom stereocenters. The van der Waals surface area contributed by atoms with Gasteiger partial charge in [0.2, 0.25) is 0 Å². The molecule has 1 amide bonds. The predicted molar refractivity (Wildman–Crippen MR) is 101 cm³/mol. The highest BCUT2D eigenvalue weighted by atomic mass is 16.5. The van der Waals surface area contributed by atoms with Crippen molar-refractivity contribution in [1.82, 2.24) is 5.32 Å². The van der Waals surface area contributed by atoms with Gasteiger partial charge in [-0.25, -0.2) is 0 Å². The summed E-state index contributed by atoms with van der Waals surface area (Å²) in [6.45, 7) is 2.55. The number of carbonyl (C=O) groups is 2. The molecule has 138 valence electrons. The first-order valence-electron chi connectivity index (χ1n) is 8.76. The molecule has 2 N–H and O–H groups in total. The number of quaternary nitrogens is 1. The molecule has 0 aliphatic carbocycles. The number of rotatable bonds is 9. The predicted octanol–water partition coefficient (Wildman–Crippen LogP) is 1.03. The molecule has 0 heterocycles. The van der Waals surface area contributed by atoms with E-state index in [1.165, 1.54) is 6.92 Å². The molecule has 5 heteroatoms. The van der Waals surface area contributed by atoms with Crippen LogP contribution in [0.2, 0.25) is 0 Å². The quantitative estimate of drug-likeness (QED) is 0.706. The maximum Gasteiger partial charge on any atom is 0.275 e. The summed E-state index contributed by atoms with van der Waals surface area (Å²) in [5.74, 6) is 0.663. The third-order valence-corrected chi connectivity index (χ3v) is 4.24. The molecule has 0 radical (unpaired) electrons. The van der Waals surface area contributed by atoms with Crippen LogP contribution < -0.4 is 15.0 Å². The Hall–Kier alpha value is -2.66. The number of amides is 1. The van der Waals surface area contributed by atoms with Crippen molar-refractivity contribution in [1.29, 1.82) is 0 Å². The van der Waals surface area contributed by atoms with E-state index in [0.29, 0.717) is 13.0 Å². The Morgan fingerprint density at radius 2 is 1.69 bits per heavy atom. The summed E-state index contributed by atoms with van der Waals surface area (Å²) >= 11 is 0. The molecule has 0 aromatic heterocycles. The van der Waals surface area contributed by atoms with Crippen molar-refractivity contribution in [2.45, 2.75) is 25.9 Å². The lowest BCUT2D eigenvalue weighted by Gasteiger charge is -2.18. The Balaban J connectivity index is 1.87. The minimum absolute atomic E-state index is 0.0324. The number of ether oxygens (including phenoxy) is 1. The van der Waals surface area contributed by atoms with Gasteiger partial charge >= 0.3 is 0 Å². The molecule has 0 saturated heterocycles. The fourth-order valence-electron chi connectivity index (χ4n) is 2.82. The number of hydrogen-bond donors (Lipinski definition) is 2. The number of hydrogen-bond acceptors (Lipinski definition) is 3. The molecule has 0 fully saturated rings. The van der Waals surface area contributed by atoms with Gasteiger partial charge in [0.25, 0.3) is 5.91 Å². The van der Waals surface area contributed by atoms with Crippen LogP contribution in [0.3, 0.4) is 0 Å². The second-order valence-corrected chi connectivity index (χ2v) is 6.58. The van der Waals surface area contributed by atoms with E-state index in [0.717, 1.165) is 28.3 Å². The Morgan fingerprint density at radius 1 is 1.04 bits per heavy atom. The summed E-state index contributed by atoms with van der Waals surface area (Å²) in [5.41, 5.74) is 2.16. The lowest BCUT2D eigenvalue weighted by atomic mass is 10.0. The lowest BCUT2D eigenvalue weighted by Crippen LogP contribution is -3.09. The molecule has 2 atom stereocenters. The van der Waals surface area contributed by atoms with Crippen LogP contribution in [0.1, 0.15) is 18.1 Å². The molecule has 5 nitrogen and oxygen atoms in total. The molecule has 2 aromatic carbocycles. The number of benzene rings is 2. The first-order chi connectivity index (χ1) is 12.5. The second kappa shape index (κ2) is 9.73. The Bertz CT molecular complexity index is 714. The SMILES string of the molecule is COc1ccc(C[NH+](C)CC(=O)N[C@@H](Cc2ccccc2)C(C)=O)cc1. The van der Waals surface area contributed by atoms with Gasteiger partial charge in [0.15, 0.2) is 12.3 Å². The largest absolute Gasteiger partial charge is 0.497 e. The van der Waals surface area contributed by atoms with Crippen LogP contribution in [0.15, 0.2) is 54.6 Å². The third-order valence-electron chi connectivity index (χ3n) is 4.24. The Labute approximate surface area is 155 Å². The summed E-state index contributed by atoms with van der Waals surface area (Å²) in [7, 11) is 3.60. The zero-order chi connectivity index (χ0) is 18.9. The van der Waals surface area contributed by atoms with Crippen molar-refractivity contribution in [2.24, 2.45) is 0 Å². The number of ketones is 1. The number of carbonyl (C=O) groups excluding carboxylic acids is 2. The number of Topliss-reactive ketones (excluding diaryl/α,β-unsaturated/α-hetero) is 1. The summed E-state index contributed by atoms with van der Waals surface area (Å²) in [6.07, 6.45) is 0.513. The fourth-order valence-corrected chi connectivity index (χ4v) is 2.82. The highest BCUT2D eigenvalue weighted by Crippen LogP contribution is 2.10. The Morgan fingerprint density at radius 3 is 2.27 bits per heavy atom. The molecule has 0 aliphatic heterocycles. The number of nitrogens with one attached hydrogen (secondary N) is 2. The van der Waals surface area contributed by atoms with Crippen LogP contribution in [-0.4, -0.2) is 38.4 Å². The van der Waals surface area contributed by atoms with E-state index in [2.05, 4.69) is 5.32 Å². The van der Waals surface area contributed by atoms with Gasteiger partial charge in [-0.1, -0.05) is 30.3 Å². The normalized spacial score (nSPS) is 12.9. The van der Waals surface area contributed by atoms with Gasteiger partial charge in [0, 0.05) is 5.56 Å². The summed E-state index contributed by atoms with van der Waals surface area (Å²) in [6, 6.07) is 17.0. The maximum absolute atomic E-state index is 12.3. The molecule has 0 saturated carbocycles. The third kappa shape index (κ3) is 6.33. The van der Waals surface area contributed by atoms with Crippen molar-refractivity contribution in [3.05, 3.63) is 65.7 Å². The van der Waals surface area contributed by atoms with Crippen molar-refractivity contribution in [2.75, 3.05) is 20.7 Å². The van der Waals surface area contributed by atoms with Gasteiger partial charge in [-0.05, 0) is 43.2 Å². The summed E-state index contributed by atoms with van der Waals surface area (Å²) < 4.78 is 5.15. The minimum atomic E-state index is -0.487. The molecule has 0 spiro atoms. The molecule has 26 heavy (non-hydrogen) atoms. The van der Waals surface area contributed by atoms with Gasteiger partial charge in [-0.15, -0.1) is 0 Å². The van der Waals surface area contributed by atoms with E-state index in [1.807, 2.05) is 61.6 Å². The van der Waals surface area contributed by atoms with Crippen molar-refractivity contribution < 1.29 is 19.2 Å². The van der Waals surface area contributed by atoms with Crippen LogP contribution in [0, 0.1) is 0 Å². The van der Waals surface area contributed by atoms with Crippen LogP contribution in [-0.2, 0) is 22.6 Å². The first-order valence-corrected chi connectivity index (χ1v) is 8.76. The van der Waals surface area contributed by atoms with Crippen LogP contribution >= 0.6 is 0 Å². The van der Waals surface area contributed by atoms with E-state index in [4.69, 9.17) is 4.74 Å². The summed E-state index contributed by atoms with van der Waals surface area (Å²) in [5, 5.41) is 2.87. The smallest absolute Gasteiger partial charge is 0.275 e. The van der Waals surface area contributed by atoms with Crippen LogP contribution in [0.25, 0.3) is 0 Å². The monoisotopic (exact) mass is 355 g/mol. The topological polar surface area (TPSA) is 59.8 Å². The molecule has 0 aliphatic rings. The van der Waals surface area contributed by atoms with Gasteiger partial charge in [-0.3, -0.25) is 9.59 Å². The molecular weight excluding hydrogens is 328 g/mol. The zero-order valence-corrected chi connectivity index (χ0v) is 15.6. The highest BCUT2D eigenvalue weighted by molar-refractivity contribution is 5.88. The second-order valence-electron chi connectivity index (χ2n) is 6.58. The standard InChI is InChI=1S/C21H26N2O3/c1-16(24)20(13-17-7-5-4-6-8-17)22-21(25)15-23(2)14-18-9-11-19(26-3)12-10-18/h4-12,20H,13-15H2,1-3H3,(H,22,25)/p+1/t20-/m0/s1. The molecule has 2 aromatic rings. The molecule has 0 bridgehead atoms.